The van der Waals surface area contributed by atoms with Crippen LogP contribution in [0.25, 0.3) is 10.8 Å². The number of rotatable bonds is 7. The molecule has 2 amide bonds. The largest absolute Gasteiger partial charge is 0.482 e. The van der Waals surface area contributed by atoms with Crippen LogP contribution in [0.4, 0.5) is 5.69 Å². The Kier molecular flexibility index (Phi) is 5.61. The molecule has 0 radical (unpaired) electrons. The van der Waals surface area contributed by atoms with Gasteiger partial charge in [0.1, 0.15) is 12.3 Å². The lowest BCUT2D eigenvalue weighted by Gasteiger charge is -2.16. The van der Waals surface area contributed by atoms with E-state index in [1.165, 1.54) is 18.2 Å². The number of esters is 1. The molecule has 31 heavy (non-hydrogen) atoms. The summed E-state index contributed by atoms with van der Waals surface area (Å²) in [5.41, 5.74) is 4.48. The topological polar surface area (TPSA) is 97.3 Å². The number of amides is 2. The van der Waals surface area contributed by atoms with Gasteiger partial charge in [0.05, 0.1) is 19.0 Å². The summed E-state index contributed by atoms with van der Waals surface area (Å²) < 4.78 is 9.77. The van der Waals surface area contributed by atoms with Crippen molar-refractivity contribution in [3.63, 3.8) is 0 Å². The van der Waals surface area contributed by atoms with E-state index in [4.69, 9.17) is 4.74 Å². The minimum atomic E-state index is -0.468. The van der Waals surface area contributed by atoms with Gasteiger partial charge in [-0.3, -0.25) is 14.5 Å². The molecule has 0 aromatic heterocycles. The second-order valence-corrected chi connectivity index (χ2v) is 6.80. The number of nitrogens with zero attached hydrogens (tertiary/aromatic N) is 2. The van der Waals surface area contributed by atoms with Crippen LogP contribution in [0.1, 0.15) is 15.9 Å². The van der Waals surface area contributed by atoms with E-state index in [9.17, 15) is 14.4 Å². The van der Waals surface area contributed by atoms with Crippen LogP contribution in [-0.4, -0.2) is 44.3 Å². The molecule has 1 N–H and O–H groups in total. The Morgan fingerprint density at radius 2 is 1.81 bits per heavy atom. The zero-order valence-electron chi connectivity index (χ0n) is 16.7. The van der Waals surface area contributed by atoms with E-state index in [1.54, 1.807) is 30.3 Å². The Labute approximate surface area is 178 Å². The van der Waals surface area contributed by atoms with Crippen molar-refractivity contribution in [3.05, 3.63) is 71.8 Å². The highest BCUT2D eigenvalue weighted by molar-refractivity contribution is 6.26. The summed E-state index contributed by atoms with van der Waals surface area (Å²) in [6.07, 6.45) is 1.48. The molecule has 3 aromatic rings. The molecule has 8 nitrogen and oxygen atoms in total. The summed E-state index contributed by atoms with van der Waals surface area (Å²) in [7, 11) is 1.29. The number of hydrazone groups is 1. The fraction of sp³-hybridized carbons (Fsp3) is 0.130. The normalized spacial score (nSPS) is 12.4. The molecule has 8 heteroatoms. The van der Waals surface area contributed by atoms with Crippen molar-refractivity contribution >= 4 is 40.5 Å². The van der Waals surface area contributed by atoms with E-state index in [0.717, 1.165) is 22.0 Å². The molecule has 4 rings (SSSR count). The van der Waals surface area contributed by atoms with Crippen LogP contribution < -0.4 is 15.1 Å². The van der Waals surface area contributed by atoms with Gasteiger partial charge in [0.2, 0.25) is 0 Å². The van der Waals surface area contributed by atoms with Crippen molar-refractivity contribution in [1.82, 2.24) is 5.43 Å². The maximum atomic E-state index is 12.7. The van der Waals surface area contributed by atoms with Gasteiger partial charge in [-0.2, -0.15) is 5.10 Å². The third-order valence-electron chi connectivity index (χ3n) is 4.82. The summed E-state index contributed by atoms with van der Waals surface area (Å²) >= 11 is 0. The minimum Gasteiger partial charge on any atom is -0.482 e. The monoisotopic (exact) mass is 417 g/mol. The van der Waals surface area contributed by atoms with Gasteiger partial charge >= 0.3 is 5.97 Å². The van der Waals surface area contributed by atoms with Crippen LogP contribution in [0, 0.1) is 0 Å². The molecule has 0 unspecified atom stereocenters. The van der Waals surface area contributed by atoms with Gasteiger partial charge in [-0.05, 0) is 47.3 Å². The first-order chi connectivity index (χ1) is 15.1. The summed E-state index contributed by atoms with van der Waals surface area (Å²) in [4.78, 5) is 37.6. The fourth-order valence-corrected chi connectivity index (χ4v) is 3.35. The minimum absolute atomic E-state index is 0.135. The Morgan fingerprint density at radius 3 is 2.55 bits per heavy atom. The molecule has 0 spiro atoms. The summed E-state index contributed by atoms with van der Waals surface area (Å²) in [5, 5.41) is 5.77. The van der Waals surface area contributed by atoms with E-state index < -0.39 is 11.9 Å². The maximum absolute atomic E-state index is 12.7. The van der Waals surface area contributed by atoms with E-state index >= 15 is 0 Å². The lowest BCUT2D eigenvalue weighted by Crippen LogP contribution is -2.37. The number of carbonyl (C=O) groups is 3. The number of benzene rings is 3. The molecule has 0 atom stereocenters. The highest BCUT2D eigenvalue weighted by Crippen LogP contribution is 2.36. The van der Waals surface area contributed by atoms with Crippen molar-refractivity contribution in [2.75, 3.05) is 25.2 Å². The van der Waals surface area contributed by atoms with E-state index in [2.05, 4.69) is 15.3 Å². The standard InChI is InChI=1S/C23H19N3O5/c1-30-21(28)14-31-17-10-8-15(9-11-17)12-24-25-20(27)13-26-19-7-3-5-16-4-2-6-18(22(16)19)23(26)29/h2-12H,13-14H2,1H3,(H,25,27)/b24-12+. The first-order valence-corrected chi connectivity index (χ1v) is 9.52. The van der Waals surface area contributed by atoms with Crippen LogP contribution >= 0.6 is 0 Å². The fourth-order valence-electron chi connectivity index (χ4n) is 3.35. The SMILES string of the molecule is COC(=O)COc1ccc(/C=N/NC(=O)CN2C(=O)c3cccc4cccc2c34)cc1. The van der Waals surface area contributed by atoms with Crippen LogP contribution in [0.3, 0.4) is 0 Å². The summed E-state index contributed by atoms with van der Waals surface area (Å²) in [6, 6.07) is 18.0. The van der Waals surface area contributed by atoms with Gasteiger partial charge in [0, 0.05) is 10.9 Å². The number of carbonyl (C=O) groups excluding carboxylic acids is 3. The molecule has 1 aliphatic rings. The van der Waals surface area contributed by atoms with Crippen molar-refractivity contribution < 1.29 is 23.9 Å². The first-order valence-electron chi connectivity index (χ1n) is 9.52. The average molecular weight is 417 g/mol. The molecular weight excluding hydrogens is 398 g/mol. The molecule has 0 fully saturated rings. The Hall–Kier alpha value is -4.20. The molecule has 0 saturated heterocycles. The van der Waals surface area contributed by atoms with Crippen molar-refractivity contribution in [1.29, 1.82) is 0 Å². The second-order valence-electron chi connectivity index (χ2n) is 6.80. The Bertz CT molecular complexity index is 1180. The van der Waals surface area contributed by atoms with Crippen LogP contribution in [0.5, 0.6) is 5.75 Å². The quantitative estimate of drug-likeness (QED) is 0.362. The predicted molar refractivity (Wildman–Crippen MR) is 115 cm³/mol. The molecule has 0 saturated carbocycles. The lowest BCUT2D eigenvalue weighted by molar-refractivity contribution is -0.142. The third-order valence-corrected chi connectivity index (χ3v) is 4.82. The average Bonchev–Trinajstić information content (AvgIpc) is 3.06. The molecular formula is C23H19N3O5. The summed E-state index contributed by atoms with van der Waals surface area (Å²) in [6.45, 7) is -0.308. The first kappa shape index (κ1) is 20.1. The number of nitrogens with one attached hydrogen (secondary N) is 1. The van der Waals surface area contributed by atoms with Gasteiger partial charge in [-0.25, -0.2) is 10.2 Å². The van der Waals surface area contributed by atoms with Gasteiger partial charge < -0.3 is 9.47 Å². The van der Waals surface area contributed by atoms with Crippen LogP contribution in [-0.2, 0) is 14.3 Å². The van der Waals surface area contributed by atoms with E-state index in [1.807, 2.05) is 30.3 Å². The molecule has 1 heterocycles. The van der Waals surface area contributed by atoms with Gasteiger partial charge in [0.25, 0.3) is 11.8 Å². The van der Waals surface area contributed by atoms with Crippen LogP contribution in [0.2, 0.25) is 0 Å². The molecule has 0 bridgehead atoms. The zero-order chi connectivity index (χ0) is 21.8. The van der Waals surface area contributed by atoms with Crippen molar-refractivity contribution in [2.24, 2.45) is 5.10 Å². The van der Waals surface area contributed by atoms with Gasteiger partial charge in [-0.15, -0.1) is 0 Å². The van der Waals surface area contributed by atoms with Crippen LogP contribution in [0.15, 0.2) is 65.8 Å². The smallest absolute Gasteiger partial charge is 0.343 e. The number of hydrogen-bond donors (Lipinski definition) is 1. The highest BCUT2D eigenvalue weighted by atomic mass is 16.6. The van der Waals surface area contributed by atoms with E-state index in [0.29, 0.717) is 11.3 Å². The summed E-state index contributed by atoms with van der Waals surface area (Å²) in [5.74, 6) is -0.571. The van der Waals surface area contributed by atoms with Gasteiger partial charge in [0.15, 0.2) is 6.61 Å². The number of hydrogen-bond acceptors (Lipinski definition) is 6. The zero-order valence-corrected chi connectivity index (χ0v) is 16.7. The maximum Gasteiger partial charge on any atom is 0.343 e. The molecule has 0 aliphatic carbocycles. The lowest BCUT2D eigenvalue weighted by atomic mass is 10.1. The Morgan fingerprint density at radius 1 is 1.06 bits per heavy atom. The molecule has 156 valence electrons. The van der Waals surface area contributed by atoms with Gasteiger partial charge in [-0.1, -0.05) is 24.3 Å². The van der Waals surface area contributed by atoms with Crippen molar-refractivity contribution in [3.8, 4) is 5.75 Å². The van der Waals surface area contributed by atoms with E-state index in [-0.39, 0.29) is 19.1 Å². The predicted octanol–water partition coefficient (Wildman–Crippen LogP) is 2.50. The molecule has 3 aromatic carbocycles. The number of methoxy groups -OCH3 is 1. The highest BCUT2D eigenvalue weighted by Gasteiger charge is 2.30. The third kappa shape index (κ3) is 4.23. The molecule has 1 aliphatic heterocycles. The number of anilines is 1. The Balaban J connectivity index is 1.35. The van der Waals surface area contributed by atoms with Crippen molar-refractivity contribution in [2.45, 2.75) is 0 Å². The number of ether oxygens (including phenoxy) is 2. The second kappa shape index (κ2) is 8.66.